The summed E-state index contributed by atoms with van der Waals surface area (Å²) in [5.74, 6) is 0. The third kappa shape index (κ3) is 4.22. The van der Waals surface area contributed by atoms with Crippen LogP contribution in [0.1, 0.15) is 44.5 Å². The van der Waals surface area contributed by atoms with Crippen molar-refractivity contribution in [2.24, 2.45) is 0 Å². The van der Waals surface area contributed by atoms with Gasteiger partial charge in [-0.3, -0.25) is 0 Å². The normalized spacial score (nSPS) is 14.4. The molecule has 314 valence electrons. The molecule has 2 heterocycles. The maximum atomic E-state index is 2.60. The highest BCUT2D eigenvalue weighted by Crippen LogP contribution is 2.68. The van der Waals surface area contributed by atoms with E-state index in [0.717, 1.165) is 11.4 Å². The number of fused-ring (bicyclic) bond motifs is 25. The van der Waals surface area contributed by atoms with Crippen LogP contribution in [0, 0.1) is 0 Å². The Balaban J connectivity index is 1.06. The highest BCUT2D eigenvalue weighted by Gasteiger charge is 2.59. The van der Waals surface area contributed by atoms with Crippen LogP contribution < -0.4 is 0 Å². The predicted molar refractivity (Wildman–Crippen MR) is 281 cm³/mol. The Morgan fingerprint density at radius 1 is 0.265 bits per heavy atom. The second-order valence-corrected chi connectivity index (χ2v) is 19.0. The van der Waals surface area contributed by atoms with Crippen molar-refractivity contribution in [3.8, 4) is 33.6 Å². The van der Waals surface area contributed by atoms with Crippen LogP contribution in [0.25, 0.3) is 88.0 Å². The van der Waals surface area contributed by atoms with Gasteiger partial charge in [-0.1, -0.05) is 200 Å². The summed E-state index contributed by atoms with van der Waals surface area (Å²) < 4.78 is 5.02. The number of rotatable bonds is 2. The summed E-state index contributed by atoms with van der Waals surface area (Å²) in [6, 6.07) is 91.9. The van der Waals surface area contributed by atoms with E-state index >= 15 is 0 Å². The summed E-state index contributed by atoms with van der Waals surface area (Å²) in [4.78, 5) is 0. The largest absolute Gasteiger partial charge is 0.309 e. The van der Waals surface area contributed by atoms with E-state index in [-0.39, 0.29) is 0 Å². The highest BCUT2D eigenvalue weighted by molar-refractivity contribution is 6.25. The van der Waals surface area contributed by atoms with Crippen LogP contribution in [-0.4, -0.2) is 9.13 Å². The molecule has 2 heteroatoms. The summed E-state index contributed by atoms with van der Waals surface area (Å²) in [5, 5.41) is 7.55. The Labute approximate surface area is 393 Å². The maximum absolute atomic E-state index is 2.60. The van der Waals surface area contributed by atoms with E-state index in [1.54, 1.807) is 0 Å². The molecule has 11 aromatic carbocycles. The smallest absolute Gasteiger partial charge is 0.0720 e. The maximum Gasteiger partial charge on any atom is 0.0720 e. The Morgan fingerprint density at radius 2 is 0.765 bits per heavy atom. The fourth-order valence-electron chi connectivity index (χ4n) is 13.8. The molecule has 0 unspecified atom stereocenters. The average molecular weight is 861 g/mol. The molecule has 16 rings (SSSR count). The van der Waals surface area contributed by atoms with Gasteiger partial charge < -0.3 is 9.13 Å². The van der Waals surface area contributed by atoms with Crippen LogP contribution in [0.15, 0.2) is 243 Å². The van der Waals surface area contributed by atoms with Gasteiger partial charge in [-0.25, -0.2) is 0 Å². The molecule has 0 bridgehead atoms. The minimum Gasteiger partial charge on any atom is -0.309 e. The van der Waals surface area contributed by atoms with Crippen LogP contribution in [-0.2, 0) is 10.8 Å². The SMILES string of the molecule is c1ccc(-n2c3ccccc3c3cc(-n4c5ccc6ccccc6c5c5ccc6c(c54)-c4ccccc4C64c5ccccc5C5(c6ccccc6-c6ccccc65)c5ccccc54)ccc32)cc1. The van der Waals surface area contributed by atoms with Gasteiger partial charge in [0, 0.05) is 38.5 Å². The molecule has 0 N–H and O–H groups in total. The van der Waals surface area contributed by atoms with Crippen molar-refractivity contribution >= 4 is 54.4 Å². The standard InChI is InChI=1S/C66H40N2/c1-2-19-42(20-3-1)67-59-33-17-9-24-47(59)50-40-43(35-39-60(50)67)68-61-38-34-41-18-4-5-21-44(41)62(61)49-36-37-58-63(64(49)68)48-25-8-12-28-53(48)66(58)56-31-15-13-29-54(56)65(55-30-14-16-32-57(55)66)51-26-10-6-22-45(51)46-23-7-11-27-52(46)65/h1-40H. The van der Waals surface area contributed by atoms with E-state index in [4.69, 9.17) is 0 Å². The molecule has 3 aliphatic carbocycles. The zero-order valence-corrected chi connectivity index (χ0v) is 37.0. The average Bonchev–Trinajstić information content (AvgIpc) is 4.11. The molecule has 0 amide bonds. The molecule has 2 spiro atoms. The van der Waals surface area contributed by atoms with E-state index in [1.807, 2.05) is 0 Å². The Morgan fingerprint density at radius 3 is 1.44 bits per heavy atom. The molecule has 0 radical (unpaired) electrons. The molecule has 0 atom stereocenters. The number of benzene rings is 11. The van der Waals surface area contributed by atoms with Crippen LogP contribution >= 0.6 is 0 Å². The first-order valence-corrected chi connectivity index (χ1v) is 23.9. The Bertz CT molecular complexity index is 4240. The summed E-state index contributed by atoms with van der Waals surface area (Å²) >= 11 is 0. The van der Waals surface area contributed by atoms with Gasteiger partial charge in [-0.2, -0.15) is 0 Å². The third-order valence-corrected chi connectivity index (χ3v) is 16.2. The van der Waals surface area contributed by atoms with Gasteiger partial charge in [0.15, 0.2) is 0 Å². The Kier molecular flexibility index (Phi) is 6.98. The summed E-state index contributed by atoms with van der Waals surface area (Å²) in [6.07, 6.45) is 0. The monoisotopic (exact) mass is 860 g/mol. The first-order chi connectivity index (χ1) is 33.8. The van der Waals surface area contributed by atoms with Crippen molar-refractivity contribution in [3.63, 3.8) is 0 Å². The van der Waals surface area contributed by atoms with E-state index in [0.29, 0.717) is 0 Å². The van der Waals surface area contributed by atoms with Crippen molar-refractivity contribution in [1.82, 2.24) is 9.13 Å². The predicted octanol–water partition coefficient (Wildman–Crippen LogP) is 16.1. The molecular formula is C66H40N2. The molecule has 68 heavy (non-hydrogen) atoms. The molecule has 3 aliphatic rings. The fourth-order valence-corrected chi connectivity index (χ4v) is 13.8. The van der Waals surface area contributed by atoms with Crippen molar-refractivity contribution in [1.29, 1.82) is 0 Å². The van der Waals surface area contributed by atoms with Crippen molar-refractivity contribution in [2.75, 3.05) is 0 Å². The van der Waals surface area contributed by atoms with E-state index in [9.17, 15) is 0 Å². The number of aromatic nitrogens is 2. The van der Waals surface area contributed by atoms with E-state index < -0.39 is 10.8 Å². The van der Waals surface area contributed by atoms with Gasteiger partial charge in [0.2, 0.25) is 0 Å². The van der Waals surface area contributed by atoms with Crippen molar-refractivity contribution in [2.45, 2.75) is 10.8 Å². The first kappa shape index (κ1) is 36.5. The van der Waals surface area contributed by atoms with Crippen LogP contribution in [0.2, 0.25) is 0 Å². The molecule has 0 saturated heterocycles. The molecular weight excluding hydrogens is 821 g/mol. The molecule has 0 saturated carbocycles. The van der Waals surface area contributed by atoms with Crippen LogP contribution in [0.3, 0.4) is 0 Å². The van der Waals surface area contributed by atoms with E-state index in [2.05, 4.69) is 252 Å². The molecule has 0 fully saturated rings. The second-order valence-electron chi connectivity index (χ2n) is 19.0. The fraction of sp³-hybridized carbons (Fsp3) is 0.0303. The summed E-state index contributed by atoms with van der Waals surface area (Å²) in [6.45, 7) is 0. The van der Waals surface area contributed by atoms with Crippen molar-refractivity contribution in [3.05, 3.63) is 287 Å². The summed E-state index contributed by atoms with van der Waals surface area (Å²) in [5.41, 5.74) is 22.1. The number of hydrogen-bond acceptors (Lipinski definition) is 0. The molecule has 2 nitrogen and oxygen atoms in total. The summed E-state index contributed by atoms with van der Waals surface area (Å²) in [7, 11) is 0. The molecule has 2 aromatic heterocycles. The lowest BCUT2D eigenvalue weighted by atomic mass is 9.52. The minimum atomic E-state index is -0.596. The van der Waals surface area contributed by atoms with Gasteiger partial charge in [0.05, 0.1) is 32.9 Å². The zero-order chi connectivity index (χ0) is 44.3. The topological polar surface area (TPSA) is 9.86 Å². The number of para-hydroxylation sites is 2. The van der Waals surface area contributed by atoms with Gasteiger partial charge in [-0.15, -0.1) is 0 Å². The van der Waals surface area contributed by atoms with Crippen LogP contribution in [0.4, 0.5) is 0 Å². The lowest BCUT2D eigenvalue weighted by Crippen LogP contribution is -2.43. The van der Waals surface area contributed by atoms with Gasteiger partial charge in [-0.05, 0) is 114 Å². The van der Waals surface area contributed by atoms with E-state index in [1.165, 1.54) is 121 Å². The number of hydrogen-bond donors (Lipinski definition) is 0. The zero-order valence-electron chi connectivity index (χ0n) is 37.0. The van der Waals surface area contributed by atoms with Gasteiger partial charge in [0.1, 0.15) is 0 Å². The first-order valence-electron chi connectivity index (χ1n) is 23.9. The van der Waals surface area contributed by atoms with Gasteiger partial charge in [0.25, 0.3) is 0 Å². The number of nitrogens with zero attached hydrogens (tertiary/aromatic N) is 2. The van der Waals surface area contributed by atoms with Crippen molar-refractivity contribution < 1.29 is 0 Å². The highest BCUT2D eigenvalue weighted by atomic mass is 15.0. The lowest BCUT2D eigenvalue weighted by molar-refractivity contribution is 0.633. The lowest BCUT2D eigenvalue weighted by Gasteiger charge is -2.48. The molecule has 13 aromatic rings. The quantitative estimate of drug-likeness (QED) is 0.164. The Hall–Kier alpha value is -8.72. The van der Waals surface area contributed by atoms with Gasteiger partial charge >= 0.3 is 0 Å². The third-order valence-electron chi connectivity index (χ3n) is 16.2. The van der Waals surface area contributed by atoms with Crippen LogP contribution in [0.5, 0.6) is 0 Å². The second kappa shape index (κ2) is 13.0. The minimum absolute atomic E-state index is 0.491. The molecule has 0 aliphatic heterocycles.